The Kier molecular flexibility index (Phi) is 4.45. The van der Waals surface area contributed by atoms with E-state index in [4.69, 9.17) is 4.74 Å². The molecule has 0 aliphatic carbocycles. The molecule has 0 radical (unpaired) electrons. The van der Waals surface area contributed by atoms with Crippen LogP contribution in [0, 0.1) is 0 Å². The predicted octanol–water partition coefficient (Wildman–Crippen LogP) is 2.83. The minimum atomic E-state index is 0.104. The number of nitrogens with one attached hydrogen (secondary N) is 1. The number of para-hydroxylation sites is 1. The van der Waals surface area contributed by atoms with Crippen molar-refractivity contribution < 1.29 is 4.74 Å². The van der Waals surface area contributed by atoms with Gasteiger partial charge in [-0.15, -0.1) is 0 Å². The Bertz CT molecular complexity index is 555. The van der Waals surface area contributed by atoms with Crippen LogP contribution in [0.1, 0.15) is 32.0 Å². The average Bonchev–Trinajstić information content (AvgIpc) is 2.84. The number of hydrogen-bond donors (Lipinski definition) is 1. The normalized spacial score (nSPS) is 11.6. The molecule has 0 bridgehead atoms. The number of rotatable bonds is 5. The molecule has 108 valence electrons. The highest BCUT2D eigenvalue weighted by atomic mass is 16.5. The first-order chi connectivity index (χ1) is 9.48. The Morgan fingerprint density at radius 2 is 1.95 bits per heavy atom. The summed E-state index contributed by atoms with van der Waals surface area (Å²) in [5, 5.41) is 8.02. The zero-order chi connectivity index (χ0) is 14.6. The Balaban J connectivity index is 2.02. The Morgan fingerprint density at radius 1 is 1.20 bits per heavy atom. The Morgan fingerprint density at radius 3 is 2.65 bits per heavy atom. The van der Waals surface area contributed by atoms with E-state index in [1.807, 2.05) is 35.1 Å². The highest BCUT2D eigenvalue weighted by Gasteiger charge is 2.10. The van der Waals surface area contributed by atoms with Gasteiger partial charge in [0.05, 0.1) is 19.3 Å². The molecule has 4 nitrogen and oxygen atoms in total. The van der Waals surface area contributed by atoms with E-state index in [0.29, 0.717) is 0 Å². The highest BCUT2D eigenvalue weighted by Crippen LogP contribution is 2.18. The van der Waals surface area contributed by atoms with Crippen molar-refractivity contribution in [3.05, 3.63) is 47.8 Å². The number of nitrogens with zero attached hydrogens (tertiary/aromatic N) is 2. The second kappa shape index (κ2) is 6.09. The molecule has 2 rings (SSSR count). The third-order valence-corrected chi connectivity index (χ3v) is 3.02. The summed E-state index contributed by atoms with van der Waals surface area (Å²) in [6.45, 7) is 7.96. The van der Waals surface area contributed by atoms with Crippen LogP contribution >= 0.6 is 0 Å². The molecule has 0 unspecified atom stereocenters. The van der Waals surface area contributed by atoms with Crippen molar-refractivity contribution in [2.24, 2.45) is 0 Å². The van der Waals surface area contributed by atoms with Crippen LogP contribution in [0.5, 0.6) is 5.75 Å². The summed E-state index contributed by atoms with van der Waals surface area (Å²) >= 11 is 0. The van der Waals surface area contributed by atoms with Crippen LogP contribution in [0.2, 0.25) is 0 Å². The summed E-state index contributed by atoms with van der Waals surface area (Å²) in [6.07, 6.45) is 2.01. The first-order valence-corrected chi connectivity index (χ1v) is 6.87. The molecule has 0 spiro atoms. The molecule has 1 heterocycles. The van der Waals surface area contributed by atoms with Gasteiger partial charge in [-0.2, -0.15) is 5.10 Å². The van der Waals surface area contributed by atoms with Crippen LogP contribution in [-0.4, -0.2) is 22.4 Å². The molecule has 20 heavy (non-hydrogen) atoms. The van der Waals surface area contributed by atoms with Crippen molar-refractivity contribution in [2.75, 3.05) is 7.11 Å². The number of methoxy groups -OCH3 is 1. The van der Waals surface area contributed by atoms with Gasteiger partial charge in [0.2, 0.25) is 0 Å². The minimum Gasteiger partial charge on any atom is -0.496 e. The van der Waals surface area contributed by atoms with Crippen LogP contribution in [0.25, 0.3) is 0 Å². The molecule has 0 saturated heterocycles. The smallest absolute Gasteiger partial charge is 0.123 e. The molecule has 0 aliphatic heterocycles. The topological polar surface area (TPSA) is 39.1 Å². The van der Waals surface area contributed by atoms with Crippen molar-refractivity contribution in [1.29, 1.82) is 0 Å². The van der Waals surface area contributed by atoms with Gasteiger partial charge in [0.1, 0.15) is 5.75 Å². The molecule has 0 atom stereocenters. The zero-order valence-corrected chi connectivity index (χ0v) is 12.7. The zero-order valence-electron chi connectivity index (χ0n) is 12.7. The van der Waals surface area contributed by atoms with Crippen molar-refractivity contribution in [3.63, 3.8) is 0 Å². The Labute approximate surface area is 120 Å². The van der Waals surface area contributed by atoms with Gasteiger partial charge in [-0.05, 0) is 32.9 Å². The quantitative estimate of drug-likeness (QED) is 0.910. The molecule has 1 aromatic heterocycles. The van der Waals surface area contributed by atoms with Gasteiger partial charge in [-0.1, -0.05) is 18.2 Å². The lowest BCUT2D eigenvalue weighted by atomic mass is 10.1. The van der Waals surface area contributed by atoms with Gasteiger partial charge >= 0.3 is 0 Å². The highest BCUT2D eigenvalue weighted by molar-refractivity contribution is 5.33. The van der Waals surface area contributed by atoms with E-state index in [9.17, 15) is 0 Å². The van der Waals surface area contributed by atoms with Gasteiger partial charge in [0, 0.05) is 23.8 Å². The third kappa shape index (κ3) is 4.10. The van der Waals surface area contributed by atoms with E-state index in [0.717, 1.165) is 30.1 Å². The van der Waals surface area contributed by atoms with Crippen LogP contribution in [0.3, 0.4) is 0 Å². The molecule has 0 amide bonds. The van der Waals surface area contributed by atoms with E-state index in [1.54, 1.807) is 7.11 Å². The molecular weight excluding hydrogens is 250 g/mol. The molecular formula is C16H23N3O. The van der Waals surface area contributed by atoms with Crippen LogP contribution in [0.15, 0.2) is 36.5 Å². The Hall–Kier alpha value is -1.81. The first-order valence-electron chi connectivity index (χ1n) is 6.87. The summed E-state index contributed by atoms with van der Waals surface area (Å²) in [5.74, 6) is 0.900. The van der Waals surface area contributed by atoms with Crippen molar-refractivity contribution in [3.8, 4) is 5.75 Å². The fourth-order valence-corrected chi connectivity index (χ4v) is 1.95. The second-order valence-electron chi connectivity index (χ2n) is 5.92. The van der Waals surface area contributed by atoms with Crippen molar-refractivity contribution in [2.45, 2.75) is 39.4 Å². The summed E-state index contributed by atoms with van der Waals surface area (Å²) < 4.78 is 7.31. The van der Waals surface area contributed by atoms with Gasteiger partial charge in [-0.25, -0.2) is 0 Å². The maximum Gasteiger partial charge on any atom is 0.123 e. The largest absolute Gasteiger partial charge is 0.496 e. The molecule has 1 aromatic carbocycles. The fourth-order valence-electron chi connectivity index (χ4n) is 1.95. The van der Waals surface area contributed by atoms with Gasteiger partial charge in [-0.3, -0.25) is 4.68 Å². The first kappa shape index (κ1) is 14.6. The molecule has 4 heteroatoms. The molecule has 1 N–H and O–H groups in total. The maximum atomic E-state index is 5.36. The standard InChI is InChI=1S/C16H23N3O/c1-16(2,3)17-11-14-9-10-19(18-14)12-13-7-5-6-8-15(13)20-4/h5-10,17H,11-12H2,1-4H3. The number of ether oxygens (including phenoxy) is 1. The van der Waals surface area contributed by atoms with Gasteiger partial charge < -0.3 is 10.1 Å². The third-order valence-electron chi connectivity index (χ3n) is 3.02. The summed E-state index contributed by atoms with van der Waals surface area (Å²) in [6, 6.07) is 10.1. The lowest BCUT2D eigenvalue weighted by Crippen LogP contribution is -2.35. The van der Waals surface area contributed by atoms with Gasteiger partial charge in [0.15, 0.2) is 0 Å². The molecule has 2 aromatic rings. The van der Waals surface area contributed by atoms with Crippen LogP contribution in [-0.2, 0) is 13.1 Å². The SMILES string of the molecule is COc1ccccc1Cn1ccc(CNC(C)(C)C)n1. The van der Waals surface area contributed by atoms with Crippen LogP contribution in [0.4, 0.5) is 0 Å². The monoisotopic (exact) mass is 273 g/mol. The van der Waals surface area contributed by atoms with E-state index in [1.165, 1.54) is 0 Å². The van der Waals surface area contributed by atoms with E-state index in [-0.39, 0.29) is 5.54 Å². The minimum absolute atomic E-state index is 0.104. The summed E-state index contributed by atoms with van der Waals surface area (Å²) in [4.78, 5) is 0. The summed E-state index contributed by atoms with van der Waals surface area (Å²) in [5.41, 5.74) is 2.29. The number of hydrogen-bond acceptors (Lipinski definition) is 3. The molecule has 0 saturated carbocycles. The van der Waals surface area contributed by atoms with Crippen LogP contribution < -0.4 is 10.1 Å². The summed E-state index contributed by atoms with van der Waals surface area (Å²) in [7, 11) is 1.70. The number of aromatic nitrogens is 2. The molecule has 0 fully saturated rings. The average molecular weight is 273 g/mol. The molecule has 0 aliphatic rings. The van der Waals surface area contributed by atoms with E-state index < -0.39 is 0 Å². The van der Waals surface area contributed by atoms with E-state index in [2.05, 4.69) is 37.3 Å². The van der Waals surface area contributed by atoms with Crippen molar-refractivity contribution in [1.82, 2.24) is 15.1 Å². The fraction of sp³-hybridized carbons (Fsp3) is 0.438. The maximum absolute atomic E-state index is 5.36. The predicted molar refractivity (Wildman–Crippen MR) is 80.9 cm³/mol. The second-order valence-corrected chi connectivity index (χ2v) is 5.92. The lowest BCUT2D eigenvalue weighted by Gasteiger charge is -2.19. The van der Waals surface area contributed by atoms with Crippen molar-refractivity contribution >= 4 is 0 Å². The lowest BCUT2D eigenvalue weighted by molar-refractivity contribution is 0.406. The van der Waals surface area contributed by atoms with E-state index >= 15 is 0 Å². The van der Waals surface area contributed by atoms with Gasteiger partial charge in [0.25, 0.3) is 0 Å². The number of benzene rings is 1.